The second kappa shape index (κ2) is 10.5. The Morgan fingerprint density at radius 3 is 1.50 bits per heavy atom. The molecular formula is C39H36N6O. The molecule has 6 heterocycles. The fourth-order valence-corrected chi connectivity index (χ4v) is 6.64. The average molecular weight is 605 g/mol. The number of hydroxylamine groups is 2. The molecule has 0 spiro atoms. The Bertz CT molecular complexity index is 2070. The molecular weight excluding hydrogens is 568 g/mol. The van der Waals surface area contributed by atoms with Crippen molar-refractivity contribution in [2.24, 2.45) is 0 Å². The molecule has 4 N–H and O–H groups in total. The highest BCUT2D eigenvalue weighted by molar-refractivity contribution is 5.93. The summed E-state index contributed by atoms with van der Waals surface area (Å²) in [5.74, 6) is 0. The van der Waals surface area contributed by atoms with Gasteiger partial charge in [0.25, 0.3) is 0 Å². The molecule has 1 unspecified atom stereocenters. The molecule has 8 rings (SSSR count). The van der Waals surface area contributed by atoms with Gasteiger partial charge in [0, 0.05) is 44.3 Å². The topological polar surface area (TPSA) is 92.9 Å². The normalized spacial score (nSPS) is 18.3. The number of aromatic amines is 2. The van der Waals surface area contributed by atoms with Gasteiger partial charge in [-0.1, -0.05) is 60.7 Å². The zero-order valence-corrected chi connectivity index (χ0v) is 26.3. The number of hydrogen-bond acceptors (Lipinski definition) is 5. The molecule has 0 saturated carbocycles. The van der Waals surface area contributed by atoms with Gasteiger partial charge in [-0.25, -0.2) is 9.97 Å². The van der Waals surface area contributed by atoms with Crippen molar-refractivity contribution in [3.63, 3.8) is 0 Å². The van der Waals surface area contributed by atoms with E-state index in [-0.39, 0.29) is 0 Å². The Hall–Kier alpha value is -5.08. The Morgan fingerprint density at radius 1 is 0.609 bits per heavy atom. The highest BCUT2D eigenvalue weighted by Crippen LogP contribution is 2.44. The second-order valence-corrected chi connectivity index (χ2v) is 13.2. The highest BCUT2D eigenvalue weighted by Gasteiger charge is 2.53. The molecule has 1 atom stereocenters. The maximum Gasteiger partial charge on any atom is 0.115 e. The monoisotopic (exact) mass is 604 g/mol. The summed E-state index contributed by atoms with van der Waals surface area (Å²) in [6.07, 6.45) is 7.67. The van der Waals surface area contributed by atoms with Crippen LogP contribution < -0.4 is 5.32 Å². The summed E-state index contributed by atoms with van der Waals surface area (Å²) in [7, 11) is 0. The van der Waals surface area contributed by atoms with Crippen molar-refractivity contribution < 1.29 is 5.21 Å². The third-order valence-electron chi connectivity index (χ3n) is 9.85. The van der Waals surface area contributed by atoms with Gasteiger partial charge in [-0.05, 0) is 93.5 Å². The first-order valence-electron chi connectivity index (χ1n) is 15.7. The molecule has 0 aliphatic carbocycles. The number of benzene rings is 2. The summed E-state index contributed by atoms with van der Waals surface area (Å²) in [5, 5.41) is 16.9. The molecule has 7 nitrogen and oxygen atoms in total. The third kappa shape index (κ3) is 4.55. The van der Waals surface area contributed by atoms with E-state index in [4.69, 9.17) is 9.97 Å². The molecule has 0 amide bonds. The first kappa shape index (κ1) is 28.4. The molecule has 1 fully saturated rings. The molecule has 2 aromatic carbocycles. The van der Waals surface area contributed by atoms with E-state index in [1.54, 1.807) is 0 Å². The van der Waals surface area contributed by atoms with Crippen LogP contribution in [-0.2, 0) is 0 Å². The fourth-order valence-electron chi connectivity index (χ4n) is 6.64. The van der Waals surface area contributed by atoms with Crippen LogP contribution in [0.5, 0.6) is 0 Å². The first-order valence-corrected chi connectivity index (χ1v) is 15.7. The molecule has 0 radical (unpaired) electrons. The Balaban J connectivity index is 1.52. The Morgan fingerprint density at radius 2 is 1.07 bits per heavy atom. The van der Waals surface area contributed by atoms with Crippen LogP contribution in [0.15, 0.2) is 91.0 Å². The van der Waals surface area contributed by atoms with Crippen molar-refractivity contribution in [1.82, 2.24) is 30.3 Å². The van der Waals surface area contributed by atoms with Crippen molar-refractivity contribution in [3.8, 4) is 22.3 Å². The summed E-state index contributed by atoms with van der Waals surface area (Å²) in [4.78, 5) is 17.8. The van der Waals surface area contributed by atoms with E-state index < -0.39 is 17.2 Å². The van der Waals surface area contributed by atoms with Gasteiger partial charge in [0.1, 0.15) is 6.17 Å². The maximum absolute atomic E-state index is 11.7. The number of aromatic nitrogens is 4. The summed E-state index contributed by atoms with van der Waals surface area (Å²) >= 11 is 0. The Kier molecular flexibility index (Phi) is 6.48. The average Bonchev–Trinajstić information content (AvgIpc) is 3.89. The molecule has 3 aromatic heterocycles. The number of nitrogens with one attached hydrogen (secondary N) is 3. The second-order valence-electron chi connectivity index (χ2n) is 13.2. The minimum atomic E-state index is -0.564. The molecule has 228 valence electrons. The highest BCUT2D eigenvalue weighted by atomic mass is 16.5. The van der Waals surface area contributed by atoms with Crippen LogP contribution in [-0.4, -0.2) is 41.3 Å². The molecule has 5 aromatic rings. The lowest BCUT2D eigenvalue weighted by molar-refractivity contribution is -0.174. The molecule has 3 aliphatic heterocycles. The van der Waals surface area contributed by atoms with Crippen LogP contribution in [0.2, 0.25) is 0 Å². The summed E-state index contributed by atoms with van der Waals surface area (Å²) in [6.45, 7) is 8.33. The fraction of sp³-hybridized carbons (Fsp3) is 0.179. The lowest BCUT2D eigenvalue weighted by Crippen LogP contribution is -2.52. The van der Waals surface area contributed by atoms with Crippen LogP contribution in [0.3, 0.4) is 0 Å². The number of fused-ring (bicyclic) bond motifs is 8. The van der Waals surface area contributed by atoms with E-state index in [2.05, 4.69) is 110 Å². The standard InChI is InChI=1S/C39H36N6O/c1-38(2)39(3,4)45(46)37(44-38)36-32-21-19-30(42-32)34(24-11-7-5-8-12-24)28-17-15-26(40-28)23-27-16-18-29(41-27)35(25-13-9-6-10-14-25)31-20-22-33(36)43-31/h5-23,37,40-41,44,46H,1-4H3. The SMILES string of the molecule is CC1(C)NC(c2c3nc(c(-c4ccccc4)c4ccc(cc5ccc([nH]5)c(-c5ccccc5)c5nc2C=C5)[nH]4)C=C3)N(O)C1(C)C. The van der Waals surface area contributed by atoms with Crippen LogP contribution in [0.1, 0.15) is 62.2 Å². The van der Waals surface area contributed by atoms with E-state index in [1.807, 2.05) is 48.6 Å². The van der Waals surface area contributed by atoms with E-state index in [0.717, 1.165) is 72.7 Å². The van der Waals surface area contributed by atoms with Gasteiger partial charge in [0.15, 0.2) is 0 Å². The van der Waals surface area contributed by atoms with Gasteiger partial charge in [0.2, 0.25) is 0 Å². The van der Waals surface area contributed by atoms with Gasteiger partial charge in [-0.2, -0.15) is 5.06 Å². The lowest BCUT2D eigenvalue weighted by atomic mass is 9.84. The molecule has 7 heteroatoms. The number of hydrogen-bond donors (Lipinski definition) is 4. The van der Waals surface area contributed by atoms with E-state index in [1.165, 1.54) is 5.06 Å². The minimum Gasteiger partial charge on any atom is -0.355 e. The molecule has 46 heavy (non-hydrogen) atoms. The molecule has 1 saturated heterocycles. The van der Waals surface area contributed by atoms with E-state index >= 15 is 0 Å². The molecule has 8 bridgehead atoms. The molecule has 3 aliphatic rings. The van der Waals surface area contributed by atoms with Crippen LogP contribution in [0.25, 0.3) is 68.6 Å². The largest absolute Gasteiger partial charge is 0.355 e. The summed E-state index contributed by atoms with van der Waals surface area (Å²) in [6, 6.07) is 31.2. The van der Waals surface area contributed by atoms with Crippen LogP contribution >= 0.6 is 0 Å². The zero-order valence-electron chi connectivity index (χ0n) is 26.3. The predicted octanol–water partition coefficient (Wildman–Crippen LogP) is 8.84. The third-order valence-corrected chi connectivity index (χ3v) is 9.85. The van der Waals surface area contributed by atoms with Crippen molar-refractivity contribution in [3.05, 3.63) is 119 Å². The predicted molar refractivity (Wildman–Crippen MR) is 187 cm³/mol. The van der Waals surface area contributed by atoms with Gasteiger partial charge >= 0.3 is 0 Å². The van der Waals surface area contributed by atoms with Gasteiger partial charge in [-0.3, -0.25) is 5.32 Å². The number of nitrogens with zero attached hydrogens (tertiary/aromatic N) is 3. The van der Waals surface area contributed by atoms with Crippen LogP contribution in [0, 0.1) is 0 Å². The van der Waals surface area contributed by atoms with Crippen molar-refractivity contribution in [2.45, 2.75) is 44.9 Å². The lowest BCUT2D eigenvalue weighted by Gasteiger charge is -2.36. The van der Waals surface area contributed by atoms with Gasteiger partial charge in [0.05, 0.1) is 28.3 Å². The van der Waals surface area contributed by atoms with Crippen molar-refractivity contribution in [2.75, 3.05) is 0 Å². The zero-order chi connectivity index (χ0) is 31.6. The minimum absolute atomic E-state index is 0.403. The van der Waals surface area contributed by atoms with E-state index in [9.17, 15) is 5.21 Å². The quantitative estimate of drug-likeness (QED) is 0.162. The summed E-state index contributed by atoms with van der Waals surface area (Å²) < 4.78 is 0. The van der Waals surface area contributed by atoms with Crippen LogP contribution in [0.4, 0.5) is 0 Å². The number of rotatable bonds is 3. The Labute approximate surface area is 268 Å². The maximum atomic E-state index is 11.7. The van der Waals surface area contributed by atoms with Crippen molar-refractivity contribution >= 4 is 46.4 Å². The smallest absolute Gasteiger partial charge is 0.115 e. The van der Waals surface area contributed by atoms with Gasteiger partial charge < -0.3 is 15.2 Å². The van der Waals surface area contributed by atoms with E-state index in [0.29, 0.717) is 0 Å². The summed E-state index contributed by atoms with van der Waals surface area (Å²) in [5.41, 5.74) is 11.1. The van der Waals surface area contributed by atoms with Gasteiger partial charge in [-0.15, -0.1) is 0 Å². The first-order chi connectivity index (χ1) is 22.2. The van der Waals surface area contributed by atoms with Crippen molar-refractivity contribution in [1.29, 1.82) is 0 Å². The number of H-pyrrole nitrogens is 2.